The molecule has 0 aromatic carbocycles. The van der Waals surface area contributed by atoms with Crippen molar-refractivity contribution in [2.24, 2.45) is 17.3 Å². The second kappa shape index (κ2) is 4.88. The molecule has 3 unspecified atom stereocenters. The van der Waals surface area contributed by atoms with Crippen LogP contribution in [0.15, 0.2) is 24.3 Å². The molecule has 0 N–H and O–H groups in total. The fourth-order valence-corrected chi connectivity index (χ4v) is 4.77. The van der Waals surface area contributed by atoms with Crippen molar-refractivity contribution in [2.75, 3.05) is 13.1 Å². The molecule has 0 radical (unpaired) electrons. The summed E-state index contributed by atoms with van der Waals surface area (Å²) in [5, 5.41) is 0. The monoisotopic (exact) mass is 314 g/mol. The van der Waals surface area contributed by atoms with E-state index in [1.54, 1.807) is 0 Å². The van der Waals surface area contributed by atoms with Gasteiger partial charge in [-0.05, 0) is 42.9 Å². The van der Waals surface area contributed by atoms with E-state index in [-0.39, 0.29) is 35.0 Å². The molecular formula is C17H18N2O4. The van der Waals surface area contributed by atoms with Crippen LogP contribution < -0.4 is 0 Å². The van der Waals surface area contributed by atoms with Gasteiger partial charge < -0.3 is 0 Å². The van der Waals surface area contributed by atoms with Crippen molar-refractivity contribution in [2.45, 2.75) is 25.7 Å². The van der Waals surface area contributed by atoms with Gasteiger partial charge in [0.25, 0.3) is 23.6 Å². The van der Waals surface area contributed by atoms with Gasteiger partial charge in [-0.3, -0.25) is 29.0 Å². The van der Waals surface area contributed by atoms with E-state index in [0.717, 1.165) is 25.7 Å². The van der Waals surface area contributed by atoms with Gasteiger partial charge in [0.15, 0.2) is 0 Å². The van der Waals surface area contributed by atoms with Gasteiger partial charge in [-0.25, -0.2) is 0 Å². The van der Waals surface area contributed by atoms with Crippen LogP contribution in [0.5, 0.6) is 0 Å². The highest BCUT2D eigenvalue weighted by atomic mass is 16.2. The first-order chi connectivity index (χ1) is 11.0. The Balaban J connectivity index is 1.53. The summed E-state index contributed by atoms with van der Waals surface area (Å²) in [4.78, 5) is 50.0. The number of fused-ring (bicyclic) bond motifs is 2. The predicted octanol–water partition coefficient (Wildman–Crippen LogP) is 0.643. The number of imide groups is 2. The first kappa shape index (κ1) is 14.4. The van der Waals surface area contributed by atoms with E-state index in [4.69, 9.17) is 0 Å². The van der Waals surface area contributed by atoms with E-state index in [9.17, 15) is 19.2 Å². The minimum atomic E-state index is -0.261. The largest absolute Gasteiger partial charge is 0.275 e. The fourth-order valence-electron chi connectivity index (χ4n) is 4.77. The zero-order valence-electron chi connectivity index (χ0n) is 12.7. The first-order valence-corrected chi connectivity index (χ1v) is 8.06. The molecule has 0 spiro atoms. The zero-order chi connectivity index (χ0) is 16.2. The third-order valence-corrected chi connectivity index (χ3v) is 5.91. The Morgan fingerprint density at radius 2 is 1.48 bits per heavy atom. The summed E-state index contributed by atoms with van der Waals surface area (Å²) < 4.78 is 0. The first-order valence-electron chi connectivity index (χ1n) is 8.06. The minimum Gasteiger partial charge on any atom is -0.275 e. The Hall–Kier alpha value is -2.24. The van der Waals surface area contributed by atoms with Crippen LogP contribution >= 0.6 is 0 Å². The van der Waals surface area contributed by atoms with Gasteiger partial charge in [-0.1, -0.05) is 0 Å². The van der Waals surface area contributed by atoms with E-state index in [2.05, 4.69) is 0 Å². The summed E-state index contributed by atoms with van der Waals surface area (Å²) in [6.45, 7) is 0.799. The Morgan fingerprint density at radius 1 is 0.913 bits per heavy atom. The molecule has 6 heteroatoms. The highest BCUT2D eigenvalue weighted by Gasteiger charge is 2.54. The third-order valence-electron chi connectivity index (χ3n) is 5.91. The van der Waals surface area contributed by atoms with Crippen LogP contribution in [0.25, 0.3) is 0 Å². The van der Waals surface area contributed by atoms with E-state index >= 15 is 0 Å². The van der Waals surface area contributed by atoms with Crippen LogP contribution in [0.1, 0.15) is 25.7 Å². The maximum absolute atomic E-state index is 11.9. The van der Waals surface area contributed by atoms with E-state index in [1.807, 2.05) is 0 Å². The lowest BCUT2D eigenvalue weighted by molar-refractivity contribution is -0.142. The fraction of sp³-hybridized carbons (Fsp3) is 0.529. The van der Waals surface area contributed by atoms with Crippen LogP contribution in [0.4, 0.5) is 0 Å². The highest BCUT2D eigenvalue weighted by molar-refractivity contribution is 6.13. The van der Waals surface area contributed by atoms with Gasteiger partial charge in [0, 0.05) is 37.4 Å². The number of carbonyl (C=O) groups is 4. The standard InChI is InChI=1S/C17H18N2O4/c20-13-1-2-14(21)18(13)9-12-7-11-5-6-17(12,8-11)10-19-15(22)3-4-16(19)23/h1-4,11-12H,5-10H2. The number of hydrogen-bond donors (Lipinski definition) is 0. The normalized spacial score (nSPS) is 35.5. The van der Waals surface area contributed by atoms with E-state index in [0.29, 0.717) is 19.0 Å². The lowest BCUT2D eigenvalue weighted by Crippen LogP contribution is -2.46. The average Bonchev–Trinajstić information content (AvgIpc) is 3.24. The van der Waals surface area contributed by atoms with Crippen LogP contribution in [0, 0.1) is 17.3 Å². The smallest absolute Gasteiger partial charge is 0.253 e. The molecule has 3 atom stereocenters. The summed E-state index contributed by atoms with van der Waals surface area (Å²) in [5.41, 5.74) is -0.148. The maximum Gasteiger partial charge on any atom is 0.253 e. The van der Waals surface area contributed by atoms with Crippen molar-refractivity contribution in [1.29, 1.82) is 0 Å². The summed E-state index contributed by atoms with van der Waals surface area (Å²) in [7, 11) is 0. The molecular weight excluding hydrogens is 296 g/mol. The minimum absolute atomic E-state index is 0.148. The van der Waals surface area contributed by atoms with Crippen LogP contribution in [0.3, 0.4) is 0 Å². The van der Waals surface area contributed by atoms with Gasteiger partial charge in [0.1, 0.15) is 0 Å². The molecule has 6 nitrogen and oxygen atoms in total. The molecule has 2 aliphatic heterocycles. The molecule has 120 valence electrons. The van der Waals surface area contributed by atoms with Gasteiger partial charge in [-0.15, -0.1) is 0 Å². The molecule has 23 heavy (non-hydrogen) atoms. The molecule has 2 heterocycles. The number of amides is 4. The highest BCUT2D eigenvalue weighted by Crippen LogP contribution is 2.58. The van der Waals surface area contributed by atoms with Crippen molar-refractivity contribution in [3.05, 3.63) is 24.3 Å². The van der Waals surface area contributed by atoms with Crippen molar-refractivity contribution in [3.8, 4) is 0 Å². The quantitative estimate of drug-likeness (QED) is 0.714. The third kappa shape index (κ3) is 2.16. The summed E-state index contributed by atoms with van der Waals surface area (Å²) >= 11 is 0. The van der Waals surface area contributed by atoms with Gasteiger partial charge in [0.2, 0.25) is 0 Å². The lowest BCUT2D eigenvalue weighted by Gasteiger charge is -2.39. The van der Waals surface area contributed by atoms with Crippen molar-refractivity contribution in [3.63, 3.8) is 0 Å². The SMILES string of the molecule is O=C1C=CC(=O)N1CC1CC2CCC1(CN1C(=O)C=CC1=O)C2. The molecule has 0 saturated heterocycles. The van der Waals surface area contributed by atoms with Gasteiger partial charge >= 0.3 is 0 Å². The molecule has 0 aromatic rings. The second-order valence-electron chi connectivity index (χ2n) is 7.12. The van der Waals surface area contributed by atoms with Crippen molar-refractivity contribution in [1.82, 2.24) is 9.80 Å². The van der Waals surface area contributed by atoms with E-state index in [1.165, 1.54) is 34.1 Å². The topological polar surface area (TPSA) is 74.8 Å². The summed E-state index contributed by atoms with van der Waals surface area (Å²) in [6.07, 6.45) is 9.21. The number of nitrogens with zero attached hydrogens (tertiary/aromatic N) is 2. The molecule has 0 aromatic heterocycles. The molecule has 4 rings (SSSR count). The Morgan fingerprint density at radius 3 is 2.04 bits per heavy atom. The predicted molar refractivity (Wildman–Crippen MR) is 79.6 cm³/mol. The van der Waals surface area contributed by atoms with Gasteiger partial charge in [0.05, 0.1) is 0 Å². The molecule has 2 fully saturated rings. The lowest BCUT2D eigenvalue weighted by atomic mass is 9.74. The van der Waals surface area contributed by atoms with E-state index < -0.39 is 0 Å². The second-order valence-corrected chi connectivity index (χ2v) is 7.12. The average molecular weight is 314 g/mol. The van der Waals surface area contributed by atoms with Crippen LogP contribution in [-0.4, -0.2) is 46.5 Å². The van der Waals surface area contributed by atoms with Crippen molar-refractivity contribution < 1.29 is 19.2 Å². The van der Waals surface area contributed by atoms with Crippen LogP contribution in [0.2, 0.25) is 0 Å². The summed E-state index contributed by atoms with van der Waals surface area (Å²) in [6, 6.07) is 0. The summed E-state index contributed by atoms with van der Waals surface area (Å²) in [5.74, 6) is -0.301. The molecule has 4 aliphatic rings. The number of rotatable bonds is 4. The maximum atomic E-state index is 11.9. The molecule has 4 amide bonds. The molecule has 2 aliphatic carbocycles. The molecule has 2 saturated carbocycles. The Kier molecular flexibility index (Phi) is 3.04. The number of hydrogen-bond acceptors (Lipinski definition) is 4. The number of carbonyl (C=O) groups excluding carboxylic acids is 4. The van der Waals surface area contributed by atoms with Gasteiger partial charge in [-0.2, -0.15) is 0 Å². The molecule has 2 bridgehead atoms. The Labute approximate surface area is 133 Å². The van der Waals surface area contributed by atoms with Crippen LogP contribution in [-0.2, 0) is 19.2 Å². The van der Waals surface area contributed by atoms with Crippen molar-refractivity contribution >= 4 is 23.6 Å². The zero-order valence-corrected chi connectivity index (χ0v) is 12.7. The Bertz CT molecular complexity index is 644.